The molecule has 1 aliphatic heterocycles. The van der Waals surface area contributed by atoms with Crippen molar-refractivity contribution in [3.05, 3.63) is 59.6 Å². The number of hydrogen-bond acceptors (Lipinski definition) is 4. The van der Waals surface area contributed by atoms with Crippen LogP contribution in [0.25, 0.3) is 0 Å². The Morgan fingerprint density at radius 1 is 1.03 bits per heavy atom. The molecule has 2 aromatic rings. The van der Waals surface area contributed by atoms with E-state index in [2.05, 4.69) is 22.3 Å². The number of hydrogen-bond donors (Lipinski definition) is 1. The van der Waals surface area contributed by atoms with E-state index in [0.717, 1.165) is 18.0 Å². The number of para-hydroxylation sites is 1. The average molecular weight is 432 g/mol. The maximum Gasteiger partial charge on any atom is 0.233 e. The lowest BCUT2D eigenvalue weighted by Crippen LogP contribution is -2.49. The van der Waals surface area contributed by atoms with Crippen molar-refractivity contribution in [2.75, 3.05) is 37.6 Å². The molecule has 29 heavy (non-hydrogen) atoms. The van der Waals surface area contributed by atoms with E-state index in [1.165, 1.54) is 17.4 Å². The van der Waals surface area contributed by atoms with Crippen LogP contribution in [0.4, 0.5) is 5.69 Å². The Labute approximate surface area is 181 Å². The van der Waals surface area contributed by atoms with Gasteiger partial charge in [0.1, 0.15) is 0 Å². The summed E-state index contributed by atoms with van der Waals surface area (Å²) in [7, 11) is 0. The predicted octanol–water partition coefficient (Wildman–Crippen LogP) is 3.68. The van der Waals surface area contributed by atoms with Crippen molar-refractivity contribution in [1.82, 2.24) is 10.2 Å². The molecule has 0 aliphatic carbocycles. The van der Waals surface area contributed by atoms with Gasteiger partial charge in [0, 0.05) is 54.8 Å². The fourth-order valence-corrected chi connectivity index (χ4v) is 4.24. The van der Waals surface area contributed by atoms with Gasteiger partial charge < -0.3 is 15.1 Å². The number of carbonyl (C=O) groups excluding carboxylic acids is 2. The van der Waals surface area contributed by atoms with Crippen molar-refractivity contribution in [3.8, 4) is 0 Å². The number of amides is 2. The largest absolute Gasteiger partial charge is 0.368 e. The highest BCUT2D eigenvalue weighted by atomic mass is 35.5. The first-order chi connectivity index (χ1) is 14.0. The van der Waals surface area contributed by atoms with Gasteiger partial charge in [0.05, 0.1) is 5.25 Å². The molecule has 1 heterocycles. The van der Waals surface area contributed by atoms with Gasteiger partial charge in [0.2, 0.25) is 11.8 Å². The Hall–Kier alpha value is -2.18. The minimum absolute atomic E-state index is 0.0633. The predicted molar refractivity (Wildman–Crippen MR) is 120 cm³/mol. The molecule has 1 unspecified atom stereocenters. The molecular formula is C22H26ClN3O2S. The summed E-state index contributed by atoms with van der Waals surface area (Å²) in [6.45, 7) is 5.31. The maximum absolute atomic E-state index is 12.5. The zero-order valence-electron chi connectivity index (χ0n) is 16.5. The van der Waals surface area contributed by atoms with Crippen LogP contribution in [0, 0.1) is 0 Å². The van der Waals surface area contributed by atoms with E-state index < -0.39 is 0 Å². The van der Waals surface area contributed by atoms with Gasteiger partial charge in [-0.15, -0.1) is 11.8 Å². The number of thioether (sulfide) groups is 1. The fourth-order valence-electron chi connectivity index (χ4n) is 3.22. The summed E-state index contributed by atoms with van der Waals surface area (Å²) in [5.74, 6) is 0.0302. The Kier molecular flexibility index (Phi) is 7.83. The molecule has 0 radical (unpaired) electrons. The number of nitrogens with zero attached hydrogens (tertiary/aromatic N) is 2. The van der Waals surface area contributed by atoms with Crippen molar-refractivity contribution in [2.24, 2.45) is 0 Å². The highest BCUT2D eigenvalue weighted by molar-refractivity contribution is 8.00. The molecule has 0 saturated carbocycles. The van der Waals surface area contributed by atoms with Crippen LogP contribution >= 0.6 is 23.4 Å². The van der Waals surface area contributed by atoms with E-state index in [1.807, 2.05) is 54.3 Å². The Morgan fingerprint density at radius 3 is 2.34 bits per heavy atom. The van der Waals surface area contributed by atoms with Gasteiger partial charge >= 0.3 is 0 Å². The Balaban J connectivity index is 1.36. The summed E-state index contributed by atoms with van der Waals surface area (Å²) in [5.41, 5.74) is 1.19. The van der Waals surface area contributed by atoms with E-state index in [1.54, 1.807) is 0 Å². The van der Waals surface area contributed by atoms with E-state index >= 15 is 0 Å². The zero-order chi connectivity index (χ0) is 20.6. The number of nitrogens with one attached hydrogen (secondary N) is 1. The minimum Gasteiger partial charge on any atom is -0.368 e. The third-order valence-electron chi connectivity index (χ3n) is 4.89. The average Bonchev–Trinajstić information content (AvgIpc) is 2.76. The summed E-state index contributed by atoms with van der Waals surface area (Å²) >= 11 is 7.36. The van der Waals surface area contributed by atoms with Gasteiger partial charge in [0.25, 0.3) is 0 Å². The number of rotatable bonds is 7. The number of anilines is 1. The normalized spacial score (nSPS) is 15.1. The SMILES string of the molecule is CC(Sc1ccc(Cl)cc1)C(=O)NCCC(=O)N1CCN(c2ccccc2)CC1. The molecule has 3 rings (SSSR count). The second kappa shape index (κ2) is 10.6. The molecule has 1 fully saturated rings. The van der Waals surface area contributed by atoms with Crippen LogP contribution in [-0.2, 0) is 9.59 Å². The monoisotopic (exact) mass is 431 g/mol. The number of piperazine rings is 1. The summed E-state index contributed by atoms with van der Waals surface area (Å²) in [6.07, 6.45) is 0.329. The smallest absolute Gasteiger partial charge is 0.233 e. The van der Waals surface area contributed by atoms with Crippen LogP contribution in [0.5, 0.6) is 0 Å². The third kappa shape index (κ3) is 6.41. The summed E-state index contributed by atoms with van der Waals surface area (Å²) in [4.78, 5) is 29.9. The van der Waals surface area contributed by atoms with Crippen LogP contribution in [0.1, 0.15) is 13.3 Å². The molecule has 1 atom stereocenters. The van der Waals surface area contributed by atoms with Gasteiger partial charge in [-0.25, -0.2) is 0 Å². The quantitative estimate of drug-likeness (QED) is 0.679. The van der Waals surface area contributed by atoms with Crippen LogP contribution < -0.4 is 10.2 Å². The van der Waals surface area contributed by atoms with Gasteiger partial charge in [0.15, 0.2) is 0 Å². The molecule has 1 N–H and O–H groups in total. The molecule has 2 amide bonds. The minimum atomic E-state index is -0.235. The van der Waals surface area contributed by atoms with Gasteiger partial charge in [-0.05, 0) is 43.3 Å². The molecule has 7 heteroatoms. The standard InChI is InChI=1S/C22H26ClN3O2S/c1-17(29-20-9-7-18(23)8-10-20)22(28)24-12-11-21(27)26-15-13-25(14-16-26)19-5-3-2-4-6-19/h2-10,17H,11-16H2,1H3,(H,24,28). The van der Waals surface area contributed by atoms with E-state index in [4.69, 9.17) is 11.6 Å². The van der Waals surface area contributed by atoms with Crippen LogP contribution in [0.3, 0.4) is 0 Å². The first-order valence-electron chi connectivity index (χ1n) is 9.80. The Bertz CT molecular complexity index is 809. The van der Waals surface area contributed by atoms with E-state index in [9.17, 15) is 9.59 Å². The van der Waals surface area contributed by atoms with Gasteiger partial charge in [-0.1, -0.05) is 29.8 Å². The molecule has 1 aliphatic rings. The molecule has 0 aromatic heterocycles. The summed E-state index contributed by atoms with van der Waals surface area (Å²) < 4.78 is 0. The highest BCUT2D eigenvalue weighted by Crippen LogP contribution is 2.24. The molecule has 154 valence electrons. The number of halogens is 1. The summed E-state index contributed by atoms with van der Waals surface area (Å²) in [5, 5.41) is 3.31. The summed E-state index contributed by atoms with van der Waals surface area (Å²) in [6, 6.07) is 17.7. The molecule has 0 bridgehead atoms. The molecule has 0 spiro atoms. The van der Waals surface area contributed by atoms with Crippen LogP contribution in [0.2, 0.25) is 5.02 Å². The van der Waals surface area contributed by atoms with Crippen molar-refractivity contribution < 1.29 is 9.59 Å². The molecule has 2 aromatic carbocycles. The second-order valence-electron chi connectivity index (χ2n) is 6.96. The van der Waals surface area contributed by atoms with Crippen molar-refractivity contribution in [1.29, 1.82) is 0 Å². The fraction of sp³-hybridized carbons (Fsp3) is 0.364. The van der Waals surface area contributed by atoms with Gasteiger partial charge in [-0.3, -0.25) is 9.59 Å². The van der Waals surface area contributed by atoms with Crippen LogP contribution in [0.15, 0.2) is 59.5 Å². The number of carbonyl (C=O) groups is 2. The van der Waals surface area contributed by atoms with Crippen molar-refractivity contribution >= 4 is 40.9 Å². The lowest BCUT2D eigenvalue weighted by molar-refractivity contribution is -0.131. The second-order valence-corrected chi connectivity index (χ2v) is 8.81. The molecular weight excluding hydrogens is 406 g/mol. The third-order valence-corrected chi connectivity index (χ3v) is 6.25. The maximum atomic E-state index is 12.5. The number of benzene rings is 2. The molecule has 5 nitrogen and oxygen atoms in total. The topological polar surface area (TPSA) is 52.7 Å². The van der Waals surface area contributed by atoms with Crippen LogP contribution in [-0.4, -0.2) is 54.7 Å². The Morgan fingerprint density at radius 2 is 1.69 bits per heavy atom. The lowest BCUT2D eigenvalue weighted by atomic mass is 10.2. The first-order valence-corrected chi connectivity index (χ1v) is 11.1. The first kappa shape index (κ1) is 21.5. The van der Waals surface area contributed by atoms with E-state index in [-0.39, 0.29) is 17.1 Å². The van der Waals surface area contributed by atoms with Gasteiger partial charge in [-0.2, -0.15) is 0 Å². The van der Waals surface area contributed by atoms with Crippen molar-refractivity contribution in [3.63, 3.8) is 0 Å². The van der Waals surface area contributed by atoms with E-state index in [0.29, 0.717) is 31.1 Å². The highest BCUT2D eigenvalue weighted by Gasteiger charge is 2.21. The molecule has 1 saturated heterocycles. The zero-order valence-corrected chi connectivity index (χ0v) is 18.1. The lowest BCUT2D eigenvalue weighted by Gasteiger charge is -2.36. The van der Waals surface area contributed by atoms with Crippen molar-refractivity contribution in [2.45, 2.75) is 23.5 Å².